The van der Waals surface area contributed by atoms with Crippen LogP contribution in [0.2, 0.25) is 5.02 Å². The fraction of sp³-hybridized carbons (Fsp3) is 0.500. The summed E-state index contributed by atoms with van der Waals surface area (Å²) in [6.07, 6.45) is 0. The van der Waals surface area contributed by atoms with E-state index in [9.17, 15) is 4.79 Å². The molecule has 0 aromatic heterocycles. The number of amides is 1. The highest BCUT2D eigenvalue weighted by Gasteiger charge is 2.24. The van der Waals surface area contributed by atoms with Crippen molar-refractivity contribution in [1.29, 1.82) is 0 Å². The summed E-state index contributed by atoms with van der Waals surface area (Å²) in [5.74, 6) is -0.0194. The molecule has 0 radical (unpaired) electrons. The molecule has 4 nitrogen and oxygen atoms in total. The number of piperazine rings is 1. The Morgan fingerprint density at radius 3 is 2.95 bits per heavy atom. The van der Waals surface area contributed by atoms with Crippen molar-refractivity contribution in [3.8, 4) is 0 Å². The summed E-state index contributed by atoms with van der Waals surface area (Å²) in [6.45, 7) is 6.46. The van der Waals surface area contributed by atoms with Gasteiger partial charge in [-0.2, -0.15) is 0 Å². The Bertz CT molecular complexity index is 452. The van der Waals surface area contributed by atoms with Crippen LogP contribution >= 0.6 is 11.6 Å². The third-order valence-electron chi connectivity index (χ3n) is 3.39. The fourth-order valence-corrected chi connectivity index (χ4v) is 2.44. The average Bonchev–Trinajstić information content (AvgIpc) is 2.37. The second kappa shape index (κ2) is 6.37. The zero-order chi connectivity index (χ0) is 13.8. The molecule has 2 unspecified atom stereocenters. The number of nitrogens with zero attached hydrogens (tertiary/aromatic N) is 1. The molecule has 2 atom stereocenters. The van der Waals surface area contributed by atoms with Crippen molar-refractivity contribution in [3.63, 3.8) is 0 Å². The van der Waals surface area contributed by atoms with Crippen LogP contribution in [0.15, 0.2) is 24.3 Å². The highest BCUT2D eigenvalue weighted by atomic mass is 35.5. The first-order valence-electron chi connectivity index (χ1n) is 6.58. The van der Waals surface area contributed by atoms with E-state index in [0.29, 0.717) is 29.3 Å². The molecule has 1 aromatic rings. The van der Waals surface area contributed by atoms with Gasteiger partial charge in [0, 0.05) is 25.2 Å². The summed E-state index contributed by atoms with van der Waals surface area (Å²) in [5.41, 5.74) is 0.671. The van der Waals surface area contributed by atoms with E-state index < -0.39 is 0 Å². The Morgan fingerprint density at radius 2 is 2.21 bits per heavy atom. The second-order valence-electron chi connectivity index (χ2n) is 5.12. The van der Waals surface area contributed by atoms with Crippen molar-refractivity contribution >= 4 is 23.2 Å². The number of hydrogen-bond donors (Lipinski definition) is 2. The Labute approximate surface area is 119 Å². The summed E-state index contributed by atoms with van der Waals surface area (Å²) in [5, 5.41) is 6.83. The minimum absolute atomic E-state index is 0.0194. The first-order valence-corrected chi connectivity index (χ1v) is 6.96. The van der Waals surface area contributed by atoms with E-state index in [4.69, 9.17) is 11.6 Å². The van der Waals surface area contributed by atoms with Gasteiger partial charge in [0.15, 0.2) is 0 Å². The molecule has 0 saturated carbocycles. The van der Waals surface area contributed by atoms with Crippen LogP contribution in [-0.2, 0) is 4.79 Å². The lowest BCUT2D eigenvalue weighted by Crippen LogP contribution is -2.55. The Hall–Kier alpha value is -1.10. The first kappa shape index (κ1) is 14.3. The van der Waals surface area contributed by atoms with E-state index in [1.165, 1.54) is 0 Å². The van der Waals surface area contributed by atoms with Crippen LogP contribution in [0.4, 0.5) is 5.69 Å². The molecule has 1 aliphatic rings. The van der Waals surface area contributed by atoms with E-state index >= 15 is 0 Å². The van der Waals surface area contributed by atoms with Gasteiger partial charge in [0.05, 0.1) is 17.3 Å². The van der Waals surface area contributed by atoms with Crippen LogP contribution in [0.3, 0.4) is 0 Å². The average molecular weight is 282 g/mol. The number of halogens is 1. The molecule has 0 bridgehead atoms. The summed E-state index contributed by atoms with van der Waals surface area (Å²) < 4.78 is 0. The Kier molecular flexibility index (Phi) is 4.80. The highest BCUT2D eigenvalue weighted by molar-refractivity contribution is 6.33. The van der Waals surface area contributed by atoms with Crippen LogP contribution in [0.5, 0.6) is 0 Å². The van der Waals surface area contributed by atoms with Crippen molar-refractivity contribution in [3.05, 3.63) is 29.3 Å². The van der Waals surface area contributed by atoms with Crippen molar-refractivity contribution in [1.82, 2.24) is 10.2 Å². The van der Waals surface area contributed by atoms with Crippen molar-refractivity contribution in [2.75, 3.05) is 25.0 Å². The van der Waals surface area contributed by atoms with Gasteiger partial charge in [0.25, 0.3) is 0 Å². The summed E-state index contributed by atoms with van der Waals surface area (Å²) in [4.78, 5) is 14.2. The lowest BCUT2D eigenvalue weighted by Gasteiger charge is -2.36. The maximum atomic E-state index is 12.1. The number of para-hydroxylation sites is 1. The zero-order valence-electron chi connectivity index (χ0n) is 11.3. The quantitative estimate of drug-likeness (QED) is 0.890. The van der Waals surface area contributed by atoms with E-state index in [1.807, 2.05) is 18.2 Å². The largest absolute Gasteiger partial charge is 0.324 e. The number of nitrogens with one attached hydrogen (secondary N) is 2. The monoisotopic (exact) mass is 281 g/mol. The van der Waals surface area contributed by atoms with Gasteiger partial charge in [-0.15, -0.1) is 0 Å². The number of rotatable bonds is 3. The van der Waals surface area contributed by atoms with E-state index in [0.717, 1.165) is 13.1 Å². The van der Waals surface area contributed by atoms with Gasteiger partial charge in [-0.25, -0.2) is 0 Å². The van der Waals surface area contributed by atoms with E-state index in [-0.39, 0.29) is 5.91 Å². The molecule has 1 heterocycles. The van der Waals surface area contributed by atoms with Crippen molar-refractivity contribution < 1.29 is 4.79 Å². The molecule has 5 heteroatoms. The second-order valence-corrected chi connectivity index (χ2v) is 5.52. The van der Waals surface area contributed by atoms with Gasteiger partial charge in [-0.3, -0.25) is 9.69 Å². The standard InChI is InChI=1S/C14H20ClN3O/c1-10-8-18(11(2)7-16-10)9-14(19)17-13-6-4-3-5-12(13)15/h3-6,10-11,16H,7-9H2,1-2H3,(H,17,19). The third-order valence-corrected chi connectivity index (χ3v) is 3.72. The van der Waals surface area contributed by atoms with Gasteiger partial charge in [0.2, 0.25) is 5.91 Å². The van der Waals surface area contributed by atoms with Gasteiger partial charge >= 0.3 is 0 Å². The predicted molar refractivity (Wildman–Crippen MR) is 78.6 cm³/mol. The zero-order valence-corrected chi connectivity index (χ0v) is 12.1. The molecule has 1 fully saturated rings. The SMILES string of the molecule is CC1CN(CC(=O)Nc2ccccc2Cl)C(C)CN1. The lowest BCUT2D eigenvalue weighted by atomic mass is 10.1. The number of carbonyl (C=O) groups is 1. The molecule has 0 spiro atoms. The van der Waals surface area contributed by atoms with Gasteiger partial charge in [-0.1, -0.05) is 23.7 Å². The number of benzene rings is 1. The molecule has 2 rings (SSSR count). The van der Waals surface area contributed by atoms with Gasteiger partial charge < -0.3 is 10.6 Å². The van der Waals surface area contributed by atoms with Crippen molar-refractivity contribution in [2.45, 2.75) is 25.9 Å². The summed E-state index contributed by atoms with van der Waals surface area (Å²) >= 11 is 6.02. The molecule has 1 aromatic carbocycles. The molecule has 19 heavy (non-hydrogen) atoms. The van der Waals surface area contributed by atoms with Crippen LogP contribution in [0.1, 0.15) is 13.8 Å². The maximum absolute atomic E-state index is 12.1. The third kappa shape index (κ3) is 3.93. The molecule has 1 amide bonds. The smallest absolute Gasteiger partial charge is 0.238 e. The Morgan fingerprint density at radius 1 is 1.47 bits per heavy atom. The fourth-order valence-electron chi connectivity index (χ4n) is 2.25. The highest BCUT2D eigenvalue weighted by Crippen LogP contribution is 2.20. The van der Waals surface area contributed by atoms with Gasteiger partial charge in [-0.05, 0) is 26.0 Å². The van der Waals surface area contributed by atoms with Crippen LogP contribution in [-0.4, -0.2) is 42.5 Å². The molecular formula is C14H20ClN3O. The van der Waals surface area contributed by atoms with Gasteiger partial charge in [0.1, 0.15) is 0 Å². The lowest BCUT2D eigenvalue weighted by molar-refractivity contribution is -0.118. The molecule has 1 saturated heterocycles. The molecule has 2 N–H and O–H groups in total. The number of hydrogen-bond acceptors (Lipinski definition) is 3. The normalized spacial score (nSPS) is 24.2. The molecule has 104 valence electrons. The Balaban J connectivity index is 1.92. The number of carbonyl (C=O) groups excluding carboxylic acids is 1. The van der Waals surface area contributed by atoms with Crippen LogP contribution < -0.4 is 10.6 Å². The first-order chi connectivity index (χ1) is 9.06. The molecule has 1 aliphatic heterocycles. The maximum Gasteiger partial charge on any atom is 0.238 e. The number of anilines is 1. The summed E-state index contributed by atoms with van der Waals surface area (Å²) in [6, 6.07) is 8.07. The predicted octanol–water partition coefficient (Wildman–Crippen LogP) is 1.96. The minimum Gasteiger partial charge on any atom is -0.324 e. The molecule has 0 aliphatic carbocycles. The van der Waals surface area contributed by atoms with Crippen molar-refractivity contribution in [2.24, 2.45) is 0 Å². The minimum atomic E-state index is -0.0194. The van der Waals surface area contributed by atoms with Crippen LogP contribution in [0, 0.1) is 0 Å². The van der Waals surface area contributed by atoms with E-state index in [2.05, 4.69) is 29.4 Å². The summed E-state index contributed by atoms with van der Waals surface area (Å²) in [7, 11) is 0. The topological polar surface area (TPSA) is 44.4 Å². The van der Waals surface area contributed by atoms with E-state index in [1.54, 1.807) is 6.07 Å². The molecular weight excluding hydrogens is 262 g/mol. The van der Waals surface area contributed by atoms with Crippen LogP contribution in [0.25, 0.3) is 0 Å².